The molecule has 0 aliphatic rings. The van der Waals surface area contributed by atoms with Gasteiger partial charge in [-0.1, -0.05) is 0 Å². The smallest absolute Gasteiger partial charge is 0.322 e. The maximum atomic E-state index is 11.1. The van der Waals surface area contributed by atoms with Crippen LogP contribution in [0.25, 0.3) is 0 Å². The third-order valence-electron chi connectivity index (χ3n) is 2.07. The van der Waals surface area contributed by atoms with Gasteiger partial charge < -0.3 is 4.74 Å². The van der Waals surface area contributed by atoms with E-state index >= 15 is 0 Å². The summed E-state index contributed by atoms with van der Waals surface area (Å²) >= 11 is 0. The van der Waals surface area contributed by atoms with E-state index in [9.17, 15) is 4.79 Å². The van der Waals surface area contributed by atoms with E-state index in [0.717, 1.165) is 5.56 Å². The van der Waals surface area contributed by atoms with Gasteiger partial charge in [-0.2, -0.15) is 5.10 Å². The summed E-state index contributed by atoms with van der Waals surface area (Å²) in [6.45, 7) is 3.73. The number of methoxy groups -OCH3 is 1. The van der Waals surface area contributed by atoms with Gasteiger partial charge in [-0.3, -0.25) is 15.2 Å². The second kappa shape index (κ2) is 4.76. The Balaban J connectivity index is 2.49. The molecule has 0 aliphatic carbocycles. The van der Waals surface area contributed by atoms with Crippen molar-refractivity contribution >= 4 is 5.97 Å². The molecule has 0 saturated heterocycles. The van der Waals surface area contributed by atoms with Crippen LogP contribution in [0, 0.1) is 0 Å². The highest BCUT2D eigenvalue weighted by molar-refractivity contribution is 5.75. The number of H-pyrrole nitrogens is 1. The first-order valence-corrected chi connectivity index (χ1v) is 4.47. The first-order chi connectivity index (χ1) is 6.65. The molecule has 0 radical (unpaired) electrons. The molecule has 2 atom stereocenters. The molecular formula is C9H15N3O2. The normalized spacial score (nSPS) is 14.8. The molecule has 5 nitrogen and oxygen atoms in total. The summed E-state index contributed by atoms with van der Waals surface area (Å²) in [6.07, 6.45) is 3.52. The number of nitrogens with one attached hydrogen (secondary N) is 2. The Morgan fingerprint density at radius 3 is 2.86 bits per heavy atom. The van der Waals surface area contributed by atoms with Gasteiger partial charge in [0.1, 0.15) is 6.04 Å². The molecule has 0 aromatic carbocycles. The SMILES string of the molecule is COC(=O)C(C)NC(C)c1cn[nH]c1. The molecule has 1 heterocycles. The number of hydrogen-bond acceptors (Lipinski definition) is 4. The van der Waals surface area contributed by atoms with Crippen molar-refractivity contribution in [3.05, 3.63) is 18.0 Å². The van der Waals surface area contributed by atoms with Crippen LogP contribution in [0.4, 0.5) is 0 Å². The van der Waals surface area contributed by atoms with E-state index in [4.69, 9.17) is 0 Å². The van der Waals surface area contributed by atoms with Crippen molar-refractivity contribution in [1.82, 2.24) is 15.5 Å². The van der Waals surface area contributed by atoms with Gasteiger partial charge in [0.2, 0.25) is 0 Å². The number of aromatic nitrogens is 2. The van der Waals surface area contributed by atoms with Crippen LogP contribution in [0.5, 0.6) is 0 Å². The maximum Gasteiger partial charge on any atom is 0.322 e. The number of nitrogens with zero attached hydrogens (tertiary/aromatic N) is 1. The van der Waals surface area contributed by atoms with Crippen molar-refractivity contribution in [1.29, 1.82) is 0 Å². The lowest BCUT2D eigenvalue weighted by molar-refractivity contribution is -0.142. The van der Waals surface area contributed by atoms with Crippen LogP contribution in [0.2, 0.25) is 0 Å². The zero-order valence-electron chi connectivity index (χ0n) is 8.57. The Morgan fingerprint density at radius 2 is 2.36 bits per heavy atom. The molecule has 0 bridgehead atoms. The lowest BCUT2D eigenvalue weighted by atomic mass is 10.1. The van der Waals surface area contributed by atoms with Gasteiger partial charge in [0.15, 0.2) is 0 Å². The summed E-state index contributed by atoms with van der Waals surface area (Å²) in [5.41, 5.74) is 1.01. The Bertz CT molecular complexity index is 284. The summed E-state index contributed by atoms with van der Waals surface area (Å²) in [5.74, 6) is -0.264. The largest absolute Gasteiger partial charge is 0.468 e. The number of carbonyl (C=O) groups excluding carboxylic acids is 1. The van der Waals surface area contributed by atoms with Gasteiger partial charge in [-0.25, -0.2) is 0 Å². The van der Waals surface area contributed by atoms with Crippen LogP contribution in [0.15, 0.2) is 12.4 Å². The monoisotopic (exact) mass is 197 g/mol. The van der Waals surface area contributed by atoms with Crippen LogP contribution >= 0.6 is 0 Å². The summed E-state index contributed by atoms with van der Waals surface area (Å²) in [6, 6.07) is -0.243. The van der Waals surface area contributed by atoms with Crippen LogP contribution in [0.1, 0.15) is 25.5 Å². The minimum Gasteiger partial charge on any atom is -0.468 e. The van der Waals surface area contributed by atoms with E-state index in [0.29, 0.717) is 0 Å². The molecule has 1 aromatic rings. The van der Waals surface area contributed by atoms with E-state index in [1.165, 1.54) is 7.11 Å². The highest BCUT2D eigenvalue weighted by Gasteiger charge is 2.16. The van der Waals surface area contributed by atoms with Crippen molar-refractivity contribution in [3.8, 4) is 0 Å². The molecule has 0 spiro atoms. The van der Waals surface area contributed by atoms with E-state index in [-0.39, 0.29) is 18.1 Å². The number of carbonyl (C=O) groups is 1. The Labute approximate surface area is 82.8 Å². The molecule has 14 heavy (non-hydrogen) atoms. The van der Waals surface area contributed by atoms with Gasteiger partial charge >= 0.3 is 5.97 Å². The van der Waals surface area contributed by atoms with Crippen LogP contribution in [-0.2, 0) is 9.53 Å². The third-order valence-corrected chi connectivity index (χ3v) is 2.07. The van der Waals surface area contributed by atoms with E-state index in [1.807, 2.05) is 6.92 Å². The average Bonchev–Trinajstić information content (AvgIpc) is 2.69. The molecular weight excluding hydrogens is 182 g/mol. The topological polar surface area (TPSA) is 67.0 Å². The first-order valence-electron chi connectivity index (χ1n) is 4.47. The zero-order chi connectivity index (χ0) is 10.6. The second-order valence-corrected chi connectivity index (χ2v) is 3.16. The molecule has 0 aliphatic heterocycles. The van der Waals surface area contributed by atoms with Gasteiger partial charge in [-0.15, -0.1) is 0 Å². The zero-order valence-corrected chi connectivity index (χ0v) is 8.57. The Kier molecular flexibility index (Phi) is 3.64. The molecule has 5 heteroatoms. The maximum absolute atomic E-state index is 11.1. The van der Waals surface area contributed by atoms with E-state index in [2.05, 4.69) is 20.3 Å². The fourth-order valence-electron chi connectivity index (χ4n) is 1.21. The second-order valence-electron chi connectivity index (χ2n) is 3.16. The number of ether oxygens (including phenoxy) is 1. The average molecular weight is 197 g/mol. The lowest BCUT2D eigenvalue weighted by Gasteiger charge is -2.16. The summed E-state index contributed by atoms with van der Waals surface area (Å²) in [5, 5.41) is 9.65. The minimum absolute atomic E-state index is 0.0721. The van der Waals surface area contributed by atoms with Gasteiger partial charge in [0.25, 0.3) is 0 Å². The van der Waals surface area contributed by atoms with Gasteiger partial charge in [0, 0.05) is 17.8 Å². The quantitative estimate of drug-likeness (QED) is 0.694. The first kappa shape index (κ1) is 10.7. The Morgan fingerprint density at radius 1 is 1.64 bits per heavy atom. The summed E-state index contributed by atoms with van der Waals surface area (Å²) in [4.78, 5) is 11.1. The number of aromatic amines is 1. The number of hydrogen-bond donors (Lipinski definition) is 2. The van der Waals surface area contributed by atoms with Crippen molar-refractivity contribution in [3.63, 3.8) is 0 Å². The predicted octanol–water partition coefficient (Wildman–Crippen LogP) is 0.622. The highest BCUT2D eigenvalue weighted by Crippen LogP contribution is 2.10. The summed E-state index contributed by atoms with van der Waals surface area (Å²) in [7, 11) is 1.38. The van der Waals surface area contributed by atoms with Crippen LogP contribution in [-0.4, -0.2) is 29.3 Å². The third kappa shape index (κ3) is 2.56. The minimum atomic E-state index is -0.315. The van der Waals surface area contributed by atoms with Crippen molar-refractivity contribution < 1.29 is 9.53 Å². The molecule has 0 saturated carbocycles. The molecule has 0 amide bonds. The fraction of sp³-hybridized carbons (Fsp3) is 0.556. The van der Waals surface area contributed by atoms with Crippen molar-refractivity contribution in [2.75, 3.05) is 7.11 Å². The molecule has 1 rings (SSSR count). The number of rotatable bonds is 4. The van der Waals surface area contributed by atoms with Crippen molar-refractivity contribution in [2.24, 2.45) is 0 Å². The molecule has 2 unspecified atom stereocenters. The van der Waals surface area contributed by atoms with E-state index in [1.54, 1.807) is 19.3 Å². The fourth-order valence-corrected chi connectivity index (χ4v) is 1.21. The molecule has 78 valence electrons. The summed E-state index contributed by atoms with van der Waals surface area (Å²) < 4.78 is 4.61. The Hall–Kier alpha value is -1.36. The molecule has 1 aromatic heterocycles. The van der Waals surface area contributed by atoms with Gasteiger partial charge in [-0.05, 0) is 13.8 Å². The van der Waals surface area contributed by atoms with Crippen LogP contribution < -0.4 is 5.32 Å². The van der Waals surface area contributed by atoms with E-state index < -0.39 is 0 Å². The molecule has 0 fully saturated rings. The van der Waals surface area contributed by atoms with Crippen LogP contribution in [0.3, 0.4) is 0 Å². The molecule has 2 N–H and O–H groups in total. The standard InChI is InChI=1S/C9H15N3O2/c1-6(8-4-10-11-5-8)12-7(2)9(13)14-3/h4-7,12H,1-3H3,(H,10,11). The highest BCUT2D eigenvalue weighted by atomic mass is 16.5. The predicted molar refractivity (Wildman–Crippen MR) is 51.6 cm³/mol. The van der Waals surface area contributed by atoms with Crippen molar-refractivity contribution in [2.45, 2.75) is 25.9 Å². The van der Waals surface area contributed by atoms with Gasteiger partial charge in [0.05, 0.1) is 13.3 Å². The number of esters is 1. The lowest BCUT2D eigenvalue weighted by Crippen LogP contribution is -2.36.